The van der Waals surface area contributed by atoms with Crippen LogP contribution in [0.3, 0.4) is 0 Å². The van der Waals surface area contributed by atoms with Crippen LogP contribution in [0.1, 0.15) is 36.6 Å². The van der Waals surface area contributed by atoms with Crippen LogP contribution in [0.4, 0.5) is 0 Å². The maximum absolute atomic E-state index is 13.4. The number of methoxy groups -OCH3 is 1. The molecule has 192 valence electrons. The summed E-state index contributed by atoms with van der Waals surface area (Å²) < 4.78 is 5.40. The van der Waals surface area contributed by atoms with Gasteiger partial charge in [0.25, 0.3) is 0 Å². The highest BCUT2D eigenvalue weighted by molar-refractivity contribution is 7.09. The fourth-order valence-corrected chi connectivity index (χ4v) is 6.19. The molecule has 36 heavy (non-hydrogen) atoms. The van der Waals surface area contributed by atoms with E-state index >= 15 is 0 Å². The summed E-state index contributed by atoms with van der Waals surface area (Å²) in [6.45, 7) is 2.13. The fraction of sp³-hybridized carbons (Fsp3) is 0.429. The Hall–Kier alpha value is -2.78. The Bertz CT molecular complexity index is 1140. The third-order valence-electron chi connectivity index (χ3n) is 7.16. The number of rotatable bonds is 10. The van der Waals surface area contributed by atoms with Crippen molar-refractivity contribution in [2.24, 2.45) is 17.8 Å². The van der Waals surface area contributed by atoms with E-state index in [1.807, 2.05) is 42.6 Å². The molecule has 1 aromatic carbocycles. The second-order valence-corrected chi connectivity index (χ2v) is 10.6. The molecule has 1 aromatic heterocycles. The summed E-state index contributed by atoms with van der Waals surface area (Å²) in [4.78, 5) is 28.9. The molecule has 2 heterocycles. The molecule has 0 radical (unpaired) electrons. The summed E-state index contributed by atoms with van der Waals surface area (Å²) in [6.07, 6.45) is 2.49. The number of benzene rings is 1. The molecule has 3 N–H and O–H groups in total. The summed E-state index contributed by atoms with van der Waals surface area (Å²) in [5, 5.41) is 33.0. The fourth-order valence-electron chi connectivity index (χ4n) is 5.49. The number of aromatic hydroxyl groups is 1. The number of thiophene rings is 1. The molecule has 1 aliphatic carbocycles. The molecule has 0 spiro atoms. The van der Waals surface area contributed by atoms with Gasteiger partial charge < -0.3 is 20.1 Å². The van der Waals surface area contributed by atoms with Gasteiger partial charge >= 0.3 is 0 Å². The van der Waals surface area contributed by atoms with Crippen LogP contribution < -0.4 is 0 Å². The van der Waals surface area contributed by atoms with Gasteiger partial charge in [0.2, 0.25) is 11.8 Å². The lowest BCUT2D eigenvalue weighted by Gasteiger charge is -2.36. The molecule has 2 aliphatic rings. The number of ether oxygens (including phenoxy) is 1. The number of imide groups is 1. The highest BCUT2D eigenvalue weighted by Gasteiger charge is 2.54. The van der Waals surface area contributed by atoms with Gasteiger partial charge in [0, 0.05) is 17.9 Å². The predicted molar refractivity (Wildman–Crippen MR) is 138 cm³/mol. The highest BCUT2D eigenvalue weighted by atomic mass is 32.1. The van der Waals surface area contributed by atoms with Gasteiger partial charge in [-0.25, -0.2) is 0 Å². The summed E-state index contributed by atoms with van der Waals surface area (Å²) in [5.74, 6) is -2.14. The standard InChI is InChI=1S/C28H33NO6S/c1-17(12-18-6-8-20(31)9-7-18)5-10-24(32)25-19(16-35-2)13-22-26(23(25)15-30)28(34)29(27(22)33)14-21-4-3-11-36-21/h3-4,6-9,11-12,22-24,26,30-32H,5,10,13-16H2,1-2H3/b17-12+/t22-,23+,24-,26-/m1/s1. The number of aliphatic hydroxyl groups is 2. The third-order valence-corrected chi connectivity index (χ3v) is 8.02. The van der Waals surface area contributed by atoms with Crippen LogP contribution in [0.5, 0.6) is 5.75 Å². The monoisotopic (exact) mass is 511 g/mol. The Labute approximate surface area is 215 Å². The van der Waals surface area contributed by atoms with Crippen molar-refractivity contribution in [2.45, 2.75) is 38.8 Å². The van der Waals surface area contributed by atoms with E-state index in [1.54, 1.807) is 19.2 Å². The number of fused-ring (bicyclic) bond motifs is 1. The van der Waals surface area contributed by atoms with Gasteiger partial charge in [0.05, 0.1) is 37.7 Å². The van der Waals surface area contributed by atoms with Crippen LogP contribution >= 0.6 is 11.3 Å². The van der Waals surface area contributed by atoms with E-state index in [0.29, 0.717) is 24.8 Å². The van der Waals surface area contributed by atoms with E-state index in [2.05, 4.69) is 0 Å². The number of phenols is 1. The predicted octanol–water partition coefficient (Wildman–Crippen LogP) is 3.75. The molecule has 2 aromatic rings. The number of hydrogen-bond donors (Lipinski definition) is 3. The first-order valence-corrected chi connectivity index (χ1v) is 13.1. The van der Waals surface area contributed by atoms with E-state index in [4.69, 9.17) is 4.74 Å². The zero-order chi connectivity index (χ0) is 25.8. The van der Waals surface area contributed by atoms with Crippen molar-refractivity contribution in [3.8, 4) is 5.75 Å². The van der Waals surface area contributed by atoms with E-state index in [-0.39, 0.29) is 37.3 Å². The topological polar surface area (TPSA) is 107 Å². The molecule has 4 rings (SSSR count). The van der Waals surface area contributed by atoms with Crippen LogP contribution in [0, 0.1) is 17.8 Å². The van der Waals surface area contributed by atoms with Crippen molar-refractivity contribution < 1.29 is 29.6 Å². The number of nitrogens with zero attached hydrogens (tertiary/aromatic N) is 1. The van der Waals surface area contributed by atoms with E-state index in [0.717, 1.165) is 21.6 Å². The van der Waals surface area contributed by atoms with Crippen LogP contribution in [-0.2, 0) is 20.9 Å². The van der Waals surface area contributed by atoms with Gasteiger partial charge in [-0.1, -0.05) is 29.8 Å². The maximum Gasteiger partial charge on any atom is 0.234 e. The van der Waals surface area contributed by atoms with Crippen LogP contribution in [-0.4, -0.2) is 58.5 Å². The molecule has 2 amide bonds. The van der Waals surface area contributed by atoms with Gasteiger partial charge in [0.1, 0.15) is 5.75 Å². The van der Waals surface area contributed by atoms with Gasteiger partial charge in [-0.05, 0) is 66.5 Å². The average Bonchev–Trinajstić information content (AvgIpc) is 3.46. The number of hydrogen-bond acceptors (Lipinski definition) is 7. The van der Waals surface area contributed by atoms with Crippen molar-refractivity contribution >= 4 is 29.2 Å². The molecular formula is C28H33NO6S. The Morgan fingerprint density at radius 1 is 1.22 bits per heavy atom. The molecule has 0 saturated carbocycles. The van der Waals surface area contributed by atoms with Crippen LogP contribution in [0.25, 0.3) is 6.08 Å². The van der Waals surface area contributed by atoms with Crippen molar-refractivity contribution in [3.05, 3.63) is 68.9 Å². The molecule has 0 bridgehead atoms. The van der Waals surface area contributed by atoms with Gasteiger partial charge in [-0.2, -0.15) is 0 Å². The van der Waals surface area contributed by atoms with Crippen LogP contribution in [0.2, 0.25) is 0 Å². The zero-order valence-electron chi connectivity index (χ0n) is 20.6. The second kappa shape index (κ2) is 11.5. The summed E-state index contributed by atoms with van der Waals surface area (Å²) >= 11 is 1.49. The van der Waals surface area contributed by atoms with Crippen LogP contribution in [0.15, 0.2) is 58.5 Å². The molecule has 8 heteroatoms. The Kier molecular flexibility index (Phi) is 8.41. The average molecular weight is 512 g/mol. The minimum Gasteiger partial charge on any atom is -0.508 e. The first-order valence-electron chi connectivity index (χ1n) is 12.2. The molecule has 1 aliphatic heterocycles. The van der Waals surface area contributed by atoms with Crippen molar-refractivity contribution in [1.82, 2.24) is 4.90 Å². The van der Waals surface area contributed by atoms with Crippen molar-refractivity contribution in [3.63, 3.8) is 0 Å². The minimum absolute atomic E-state index is 0.206. The number of carbonyl (C=O) groups is 2. The second-order valence-electron chi connectivity index (χ2n) is 9.60. The first kappa shape index (κ1) is 26.3. The molecule has 1 saturated heterocycles. The Morgan fingerprint density at radius 3 is 2.61 bits per heavy atom. The van der Waals surface area contributed by atoms with Gasteiger partial charge in [-0.15, -0.1) is 11.3 Å². The molecule has 4 atom stereocenters. The number of aliphatic hydroxyl groups excluding tert-OH is 2. The zero-order valence-corrected chi connectivity index (χ0v) is 21.4. The summed E-state index contributed by atoms with van der Waals surface area (Å²) in [5.41, 5.74) is 3.44. The smallest absolute Gasteiger partial charge is 0.234 e. The van der Waals surface area contributed by atoms with E-state index < -0.39 is 23.9 Å². The third kappa shape index (κ3) is 5.47. The lowest BCUT2D eigenvalue weighted by atomic mass is 9.68. The maximum atomic E-state index is 13.4. The quantitative estimate of drug-likeness (QED) is 0.331. The number of allylic oxidation sites excluding steroid dienone is 1. The lowest BCUT2D eigenvalue weighted by Crippen LogP contribution is -2.39. The molecular weight excluding hydrogens is 478 g/mol. The Balaban J connectivity index is 1.54. The van der Waals surface area contributed by atoms with Crippen molar-refractivity contribution in [1.29, 1.82) is 0 Å². The summed E-state index contributed by atoms with van der Waals surface area (Å²) in [6, 6.07) is 10.7. The van der Waals surface area contributed by atoms with Gasteiger partial charge in [0.15, 0.2) is 0 Å². The molecule has 0 unspecified atom stereocenters. The molecule has 1 fully saturated rings. The lowest BCUT2D eigenvalue weighted by molar-refractivity contribution is -0.140. The first-order chi connectivity index (χ1) is 17.3. The van der Waals surface area contributed by atoms with E-state index in [1.165, 1.54) is 16.2 Å². The largest absolute Gasteiger partial charge is 0.508 e. The molecule has 7 nitrogen and oxygen atoms in total. The van der Waals surface area contributed by atoms with Gasteiger partial charge in [-0.3, -0.25) is 14.5 Å². The number of likely N-dealkylation sites (tertiary alicyclic amines) is 1. The minimum atomic E-state index is -0.870. The SMILES string of the molecule is COCC1=C([C@H](O)CC/C(C)=C/c2ccc(O)cc2)[C@H](CO)[C@@H]2C(=O)N(Cc3cccs3)C(=O)[C@@H]2C1. The number of phenolic OH excluding ortho intramolecular Hbond substituents is 1. The Morgan fingerprint density at radius 2 is 1.97 bits per heavy atom. The highest BCUT2D eigenvalue weighted by Crippen LogP contribution is 2.46. The number of carbonyl (C=O) groups excluding carboxylic acids is 2. The summed E-state index contributed by atoms with van der Waals surface area (Å²) in [7, 11) is 1.56. The number of amides is 2. The van der Waals surface area contributed by atoms with Crippen molar-refractivity contribution in [2.75, 3.05) is 20.3 Å². The van der Waals surface area contributed by atoms with E-state index in [9.17, 15) is 24.9 Å². The normalized spacial score (nSPS) is 23.4.